The number of alkyl halides is 3. The Morgan fingerprint density at radius 1 is 1.06 bits per heavy atom. The summed E-state index contributed by atoms with van der Waals surface area (Å²) < 4.78 is 46.5. The Balaban J connectivity index is 0.00000342. The van der Waals surface area contributed by atoms with Crippen molar-refractivity contribution in [2.24, 2.45) is 0 Å². The van der Waals surface area contributed by atoms with Gasteiger partial charge in [-0.05, 0) is 48.0 Å². The number of benzene rings is 3. The van der Waals surface area contributed by atoms with Crippen LogP contribution in [0.5, 0.6) is 5.75 Å². The molecule has 1 aromatic heterocycles. The Morgan fingerprint density at radius 3 is 2.47 bits per heavy atom. The minimum Gasteiger partial charge on any atom is -0.497 e. The van der Waals surface area contributed by atoms with E-state index in [1.807, 2.05) is 24.3 Å². The second kappa shape index (κ2) is 9.61. The number of amides is 1. The van der Waals surface area contributed by atoms with Gasteiger partial charge in [-0.1, -0.05) is 48.0 Å². The maximum atomic E-state index is 13.4. The van der Waals surface area contributed by atoms with Crippen LogP contribution in [0, 0.1) is 0 Å². The van der Waals surface area contributed by atoms with Crippen LogP contribution in [0.2, 0.25) is 5.02 Å². The highest BCUT2D eigenvalue weighted by Gasteiger charge is 2.35. The summed E-state index contributed by atoms with van der Waals surface area (Å²) in [6.45, 7) is 0.298. The molecule has 0 aliphatic rings. The number of carbonyl (C=O) groups excluding carboxylic acids is 1. The molecule has 0 aliphatic carbocycles. The molecule has 9 heteroatoms. The molecule has 0 radical (unpaired) electrons. The number of carbonyl (C=O) groups is 1. The van der Waals surface area contributed by atoms with E-state index in [9.17, 15) is 18.0 Å². The highest BCUT2D eigenvalue weighted by molar-refractivity contribution is 6.32. The van der Waals surface area contributed by atoms with E-state index in [0.29, 0.717) is 29.1 Å². The fourth-order valence-electron chi connectivity index (χ4n) is 3.39. The van der Waals surface area contributed by atoms with E-state index >= 15 is 0 Å². The molecule has 0 bridgehead atoms. The Kier molecular flexibility index (Phi) is 6.61. The van der Waals surface area contributed by atoms with Crippen LogP contribution in [0.15, 0.2) is 78.9 Å². The topological polar surface area (TPSA) is 56.1 Å². The van der Waals surface area contributed by atoms with Crippen molar-refractivity contribution in [3.8, 4) is 22.7 Å². The van der Waals surface area contributed by atoms with Crippen molar-refractivity contribution in [2.45, 2.75) is 12.7 Å². The lowest BCUT2D eigenvalue weighted by Gasteiger charge is -2.10. The lowest BCUT2D eigenvalue weighted by Crippen LogP contribution is -2.22. The fourth-order valence-corrected chi connectivity index (χ4v) is 3.61. The van der Waals surface area contributed by atoms with Crippen molar-refractivity contribution >= 4 is 17.5 Å². The van der Waals surface area contributed by atoms with Crippen LogP contribution < -0.4 is 10.1 Å². The van der Waals surface area contributed by atoms with Gasteiger partial charge in [-0.25, -0.2) is 4.68 Å². The third kappa shape index (κ3) is 5.07. The molecular formula is C25H21ClF3N3O2. The smallest absolute Gasteiger partial charge is 0.435 e. The maximum Gasteiger partial charge on any atom is 0.435 e. The number of nitrogens with one attached hydrogen (secondary N) is 1. The molecule has 176 valence electrons. The number of halogens is 4. The monoisotopic (exact) mass is 487 g/mol. The summed E-state index contributed by atoms with van der Waals surface area (Å²) in [4.78, 5) is 12.6. The second-order valence-electron chi connectivity index (χ2n) is 7.39. The maximum absolute atomic E-state index is 13.4. The first-order valence-electron chi connectivity index (χ1n) is 10.2. The van der Waals surface area contributed by atoms with Gasteiger partial charge in [-0.15, -0.1) is 0 Å². The van der Waals surface area contributed by atoms with Crippen LogP contribution in [0.25, 0.3) is 16.9 Å². The van der Waals surface area contributed by atoms with Gasteiger partial charge in [0.05, 0.1) is 23.5 Å². The number of rotatable bonds is 6. The Morgan fingerprint density at radius 2 is 1.79 bits per heavy atom. The molecule has 0 saturated carbocycles. The zero-order valence-corrected chi connectivity index (χ0v) is 18.7. The van der Waals surface area contributed by atoms with Crippen molar-refractivity contribution < 1.29 is 24.1 Å². The Labute approximate surface area is 200 Å². The van der Waals surface area contributed by atoms with Gasteiger partial charge in [-0.2, -0.15) is 18.3 Å². The standard InChI is InChI=1S/C25H19ClF3N3O2.H2/c1-34-19-6-4-5-16(13-19)15-30-24(33)18-11-9-17(10-12-18)22-14-23(25(27,28)29)31-32(22)21-8-3-2-7-20(21)26;/h2-14H,15H2,1H3,(H,30,33);1H. The zero-order valence-electron chi connectivity index (χ0n) is 17.9. The molecule has 1 heterocycles. The summed E-state index contributed by atoms with van der Waals surface area (Å²) in [5, 5.41) is 6.82. The van der Waals surface area contributed by atoms with Gasteiger partial charge in [0.15, 0.2) is 5.69 Å². The van der Waals surface area contributed by atoms with Crippen molar-refractivity contribution in [2.75, 3.05) is 7.11 Å². The van der Waals surface area contributed by atoms with E-state index in [0.717, 1.165) is 16.3 Å². The van der Waals surface area contributed by atoms with Crippen LogP contribution in [0.1, 0.15) is 23.0 Å². The van der Waals surface area contributed by atoms with Crippen LogP contribution in [-0.4, -0.2) is 22.8 Å². The van der Waals surface area contributed by atoms with Crippen molar-refractivity contribution in [3.63, 3.8) is 0 Å². The molecule has 1 amide bonds. The van der Waals surface area contributed by atoms with E-state index in [2.05, 4.69) is 10.4 Å². The highest BCUT2D eigenvalue weighted by Crippen LogP contribution is 2.34. The molecule has 0 fully saturated rings. The first kappa shape index (κ1) is 23.4. The number of hydrogen-bond acceptors (Lipinski definition) is 3. The highest BCUT2D eigenvalue weighted by atomic mass is 35.5. The molecule has 34 heavy (non-hydrogen) atoms. The zero-order chi connectivity index (χ0) is 24.3. The molecule has 0 saturated heterocycles. The molecule has 0 aliphatic heterocycles. The molecule has 3 aromatic carbocycles. The van der Waals surface area contributed by atoms with Crippen LogP contribution >= 0.6 is 11.6 Å². The lowest BCUT2D eigenvalue weighted by molar-refractivity contribution is -0.141. The summed E-state index contributed by atoms with van der Waals surface area (Å²) in [6.07, 6.45) is -4.62. The molecule has 0 spiro atoms. The number of para-hydroxylation sites is 1. The Hall–Kier alpha value is -3.78. The van der Waals surface area contributed by atoms with Crippen molar-refractivity contribution in [3.05, 3.63) is 101 Å². The molecule has 4 rings (SSSR count). The van der Waals surface area contributed by atoms with Gasteiger partial charge in [0, 0.05) is 19.1 Å². The molecule has 0 atom stereocenters. The van der Waals surface area contributed by atoms with Crippen LogP contribution in [0.3, 0.4) is 0 Å². The number of nitrogens with zero attached hydrogens (tertiary/aromatic N) is 2. The molecule has 1 N–H and O–H groups in total. The predicted molar refractivity (Wildman–Crippen MR) is 125 cm³/mol. The van der Waals surface area contributed by atoms with Gasteiger partial charge in [-0.3, -0.25) is 4.79 Å². The van der Waals surface area contributed by atoms with E-state index in [-0.39, 0.29) is 18.1 Å². The second-order valence-corrected chi connectivity index (χ2v) is 7.79. The third-order valence-corrected chi connectivity index (χ3v) is 5.43. The SMILES string of the molecule is COc1cccc(CNC(=O)c2ccc(-c3cc(C(F)(F)F)nn3-c3ccccc3Cl)cc2)c1.[HH]. The first-order valence-corrected chi connectivity index (χ1v) is 10.6. The largest absolute Gasteiger partial charge is 0.497 e. The van der Waals surface area contributed by atoms with Gasteiger partial charge in [0.1, 0.15) is 5.75 Å². The van der Waals surface area contributed by atoms with E-state index in [1.54, 1.807) is 55.6 Å². The molecular weight excluding hydrogens is 467 g/mol. The average Bonchev–Trinajstić information content (AvgIpc) is 3.29. The number of aromatic nitrogens is 2. The quantitative estimate of drug-likeness (QED) is 0.342. The third-order valence-electron chi connectivity index (χ3n) is 5.11. The van der Waals surface area contributed by atoms with E-state index < -0.39 is 11.9 Å². The average molecular weight is 488 g/mol. The minimum atomic E-state index is -4.62. The number of hydrogen-bond donors (Lipinski definition) is 1. The van der Waals surface area contributed by atoms with Crippen LogP contribution in [0.4, 0.5) is 13.2 Å². The molecule has 0 unspecified atom stereocenters. The van der Waals surface area contributed by atoms with Gasteiger partial charge in [0.25, 0.3) is 5.91 Å². The normalized spacial score (nSPS) is 11.3. The first-order chi connectivity index (χ1) is 16.3. The summed E-state index contributed by atoms with van der Waals surface area (Å²) >= 11 is 6.21. The number of methoxy groups -OCH3 is 1. The summed E-state index contributed by atoms with van der Waals surface area (Å²) in [7, 11) is 1.56. The Bertz CT molecular complexity index is 1320. The van der Waals surface area contributed by atoms with E-state index in [4.69, 9.17) is 16.3 Å². The van der Waals surface area contributed by atoms with Crippen LogP contribution in [-0.2, 0) is 12.7 Å². The van der Waals surface area contributed by atoms with E-state index in [1.165, 1.54) is 0 Å². The minimum absolute atomic E-state index is 0. The lowest BCUT2D eigenvalue weighted by atomic mass is 10.1. The summed E-state index contributed by atoms with van der Waals surface area (Å²) in [5.74, 6) is 0.370. The predicted octanol–water partition coefficient (Wildman–Crippen LogP) is 6.40. The van der Waals surface area contributed by atoms with Crippen molar-refractivity contribution in [1.82, 2.24) is 15.1 Å². The van der Waals surface area contributed by atoms with Gasteiger partial charge < -0.3 is 10.1 Å². The summed E-state index contributed by atoms with van der Waals surface area (Å²) in [6, 6.07) is 21.0. The molecule has 5 nitrogen and oxygen atoms in total. The van der Waals surface area contributed by atoms with Crippen molar-refractivity contribution in [1.29, 1.82) is 0 Å². The molecule has 4 aromatic rings. The number of ether oxygens (including phenoxy) is 1. The van der Waals surface area contributed by atoms with Gasteiger partial charge >= 0.3 is 6.18 Å². The summed E-state index contributed by atoms with van der Waals surface area (Å²) in [5.41, 5.74) is 1.16. The fraction of sp³-hybridized carbons (Fsp3) is 0.120. The van der Waals surface area contributed by atoms with Gasteiger partial charge in [0.2, 0.25) is 0 Å².